The molecule has 2 aromatic carbocycles. The average molecular weight is 439 g/mol. The zero-order chi connectivity index (χ0) is 20.9. The fourth-order valence-corrected chi connectivity index (χ4v) is 4.65. The third-order valence-corrected chi connectivity index (χ3v) is 6.54. The molecule has 0 aliphatic carbocycles. The Bertz CT molecular complexity index is 975. The molecule has 2 aromatic rings. The molecule has 156 valence electrons. The normalized spacial score (nSPS) is 16.6. The zero-order valence-electron chi connectivity index (χ0n) is 16.0. The average Bonchev–Trinajstić information content (AvgIpc) is 3.25. The van der Waals surface area contributed by atoms with Crippen LogP contribution < -0.4 is 14.8 Å². The Morgan fingerprint density at radius 3 is 2.79 bits per heavy atom. The summed E-state index contributed by atoms with van der Waals surface area (Å²) in [6.07, 6.45) is 1.58. The maximum Gasteiger partial charge on any atom is 0.251 e. The Balaban J connectivity index is 1.71. The van der Waals surface area contributed by atoms with Crippen molar-refractivity contribution in [3.8, 4) is 5.75 Å². The lowest BCUT2D eigenvalue weighted by atomic mass is 10.1. The zero-order valence-corrected chi connectivity index (χ0v) is 17.6. The monoisotopic (exact) mass is 438 g/mol. The SMILES string of the molecule is COc1ccccc1CNC(=O)c1ccc(Cl)c(S(=O)(=O)NCC2CCCO2)c1. The van der Waals surface area contributed by atoms with Crippen molar-refractivity contribution in [2.45, 2.75) is 30.4 Å². The lowest BCUT2D eigenvalue weighted by Gasteiger charge is -2.13. The molecule has 1 aliphatic rings. The number of hydrogen-bond acceptors (Lipinski definition) is 5. The Hall–Kier alpha value is -2.13. The fourth-order valence-electron chi connectivity index (χ4n) is 3.06. The largest absolute Gasteiger partial charge is 0.496 e. The number of hydrogen-bond donors (Lipinski definition) is 2. The van der Waals surface area contributed by atoms with Gasteiger partial charge in [0.05, 0.1) is 18.2 Å². The van der Waals surface area contributed by atoms with Crippen LogP contribution in [0.5, 0.6) is 5.75 Å². The van der Waals surface area contributed by atoms with Crippen LogP contribution in [-0.4, -0.2) is 40.7 Å². The molecule has 0 saturated carbocycles. The van der Waals surface area contributed by atoms with Crippen LogP contribution in [0, 0.1) is 0 Å². The maximum atomic E-state index is 12.6. The van der Waals surface area contributed by atoms with Crippen LogP contribution in [0.15, 0.2) is 47.4 Å². The van der Waals surface area contributed by atoms with E-state index in [-0.39, 0.29) is 34.7 Å². The molecular weight excluding hydrogens is 416 g/mol. The summed E-state index contributed by atoms with van der Waals surface area (Å²) >= 11 is 6.09. The van der Waals surface area contributed by atoms with Gasteiger partial charge in [-0.25, -0.2) is 13.1 Å². The highest BCUT2D eigenvalue weighted by atomic mass is 35.5. The highest BCUT2D eigenvalue weighted by Crippen LogP contribution is 2.23. The van der Waals surface area contributed by atoms with Crippen molar-refractivity contribution in [2.24, 2.45) is 0 Å². The van der Waals surface area contributed by atoms with Gasteiger partial charge in [-0.2, -0.15) is 0 Å². The number of carbonyl (C=O) groups is 1. The number of benzene rings is 2. The third-order valence-electron chi connectivity index (χ3n) is 4.64. The van der Waals surface area contributed by atoms with Crippen LogP contribution >= 0.6 is 11.6 Å². The number of rotatable bonds is 8. The minimum atomic E-state index is -3.87. The Morgan fingerprint density at radius 1 is 1.28 bits per heavy atom. The standard InChI is InChI=1S/C20H23ClN2O5S/c1-27-18-7-3-2-5-15(18)12-22-20(24)14-8-9-17(21)19(11-14)29(25,26)23-13-16-6-4-10-28-16/h2-3,5,7-9,11,16,23H,4,6,10,12-13H2,1H3,(H,22,24). The number of halogens is 1. The maximum absolute atomic E-state index is 12.6. The van der Waals surface area contributed by atoms with Crippen molar-refractivity contribution in [1.29, 1.82) is 0 Å². The number of para-hydroxylation sites is 1. The lowest BCUT2D eigenvalue weighted by molar-refractivity contribution is 0.0950. The molecule has 1 saturated heterocycles. The van der Waals surface area contributed by atoms with E-state index >= 15 is 0 Å². The number of sulfonamides is 1. The first kappa shape index (κ1) is 21.6. The van der Waals surface area contributed by atoms with Gasteiger partial charge in [-0.05, 0) is 37.1 Å². The predicted octanol–water partition coefficient (Wildman–Crippen LogP) is 2.74. The molecule has 0 bridgehead atoms. The lowest BCUT2D eigenvalue weighted by Crippen LogP contribution is -2.32. The predicted molar refractivity (Wildman–Crippen MR) is 110 cm³/mol. The van der Waals surface area contributed by atoms with Crippen molar-refractivity contribution in [2.75, 3.05) is 20.3 Å². The summed E-state index contributed by atoms with van der Waals surface area (Å²) < 4.78 is 38.5. The first-order valence-electron chi connectivity index (χ1n) is 9.21. The van der Waals surface area contributed by atoms with E-state index in [1.54, 1.807) is 13.2 Å². The summed E-state index contributed by atoms with van der Waals surface area (Å²) in [6.45, 7) is 1.04. The van der Waals surface area contributed by atoms with Crippen molar-refractivity contribution >= 4 is 27.5 Å². The van der Waals surface area contributed by atoms with E-state index in [2.05, 4.69) is 10.0 Å². The number of amides is 1. The highest BCUT2D eigenvalue weighted by molar-refractivity contribution is 7.89. The number of methoxy groups -OCH3 is 1. The van der Waals surface area contributed by atoms with Gasteiger partial charge < -0.3 is 14.8 Å². The second kappa shape index (κ2) is 9.58. The van der Waals surface area contributed by atoms with Crippen LogP contribution in [-0.2, 0) is 21.3 Å². The van der Waals surface area contributed by atoms with E-state index in [1.165, 1.54) is 18.2 Å². The molecule has 0 spiro atoms. The van der Waals surface area contributed by atoms with E-state index in [1.807, 2.05) is 18.2 Å². The first-order valence-corrected chi connectivity index (χ1v) is 11.1. The van der Waals surface area contributed by atoms with Gasteiger partial charge in [0.25, 0.3) is 5.91 Å². The van der Waals surface area contributed by atoms with Crippen molar-refractivity contribution in [3.05, 3.63) is 58.6 Å². The van der Waals surface area contributed by atoms with Gasteiger partial charge in [0.2, 0.25) is 10.0 Å². The molecule has 1 atom stereocenters. The minimum Gasteiger partial charge on any atom is -0.496 e. The molecule has 1 amide bonds. The fraction of sp³-hybridized carbons (Fsp3) is 0.350. The van der Waals surface area contributed by atoms with Crippen LogP contribution in [0.3, 0.4) is 0 Å². The van der Waals surface area contributed by atoms with Crippen molar-refractivity contribution < 1.29 is 22.7 Å². The molecule has 29 heavy (non-hydrogen) atoms. The molecule has 0 radical (unpaired) electrons. The van der Waals surface area contributed by atoms with E-state index in [9.17, 15) is 13.2 Å². The third kappa shape index (κ3) is 5.48. The second-order valence-electron chi connectivity index (χ2n) is 6.63. The molecule has 0 aromatic heterocycles. The second-order valence-corrected chi connectivity index (χ2v) is 8.77. The molecule has 9 heteroatoms. The first-order chi connectivity index (χ1) is 13.9. The summed E-state index contributed by atoms with van der Waals surface area (Å²) in [4.78, 5) is 12.4. The minimum absolute atomic E-state index is 0.0473. The van der Waals surface area contributed by atoms with Gasteiger partial charge in [-0.3, -0.25) is 4.79 Å². The summed E-state index contributed by atoms with van der Waals surface area (Å²) in [5.74, 6) is 0.244. The molecule has 7 nitrogen and oxygen atoms in total. The quantitative estimate of drug-likeness (QED) is 0.661. The summed E-state index contributed by atoms with van der Waals surface area (Å²) in [5, 5.41) is 2.81. The molecule has 1 unspecified atom stereocenters. The van der Waals surface area contributed by atoms with Gasteiger partial charge in [0.15, 0.2) is 0 Å². The van der Waals surface area contributed by atoms with Crippen LogP contribution in [0.4, 0.5) is 0 Å². The molecule has 1 aliphatic heterocycles. The van der Waals surface area contributed by atoms with Gasteiger partial charge in [0.1, 0.15) is 10.6 Å². The molecule has 1 heterocycles. The smallest absolute Gasteiger partial charge is 0.251 e. The summed E-state index contributed by atoms with van der Waals surface area (Å²) in [6, 6.07) is 11.5. The molecule has 3 rings (SSSR count). The molecular formula is C20H23ClN2O5S. The molecule has 2 N–H and O–H groups in total. The van der Waals surface area contributed by atoms with Gasteiger partial charge in [-0.1, -0.05) is 29.8 Å². The van der Waals surface area contributed by atoms with Gasteiger partial charge in [-0.15, -0.1) is 0 Å². The summed E-state index contributed by atoms with van der Waals surface area (Å²) in [5.41, 5.74) is 1.00. The van der Waals surface area contributed by atoms with E-state index in [0.29, 0.717) is 12.4 Å². The number of nitrogens with one attached hydrogen (secondary N) is 2. The number of carbonyl (C=O) groups excluding carboxylic acids is 1. The van der Waals surface area contributed by atoms with Gasteiger partial charge >= 0.3 is 0 Å². The topological polar surface area (TPSA) is 93.7 Å². The van der Waals surface area contributed by atoms with E-state index in [0.717, 1.165) is 18.4 Å². The Kier molecular flexibility index (Phi) is 7.13. The van der Waals surface area contributed by atoms with E-state index in [4.69, 9.17) is 21.1 Å². The van der Waals surface area contributed by atoms with Gasteiger partial charge in [0, 0.05) is 30.8 Å². The van der Waals surface area contributed by atoms with E-state index < -0.39 is 15.9 Å². The van der Waals surface area contributed by atoms with Crippen molar-refractivity contribution in [3.63, 3.8) is 0 Å². The van der Waals surface area contributed by atoms with Crippen LogP contribution in [0.25, 0.3) is 0 Å². The Morgan fingerprint density at radius 2 is 2.07 bits per heavy atom. The molecule has 1 fully saturated rings. The number of ether oxygens (including phenoxy) is 2. The Labute approximate surface area is 175 Å². The summed E-state index contributed by atoms with van der Waals surface area (Å²) in [7, 11) is -2.32. The van der Waals surface area contributed by atoms with Crippen LogP contribution in [0.1, 0.15) is 28.8 Å². The van der Waals surface area contributed by atoms with Crippen LogP contribution in [0.2, 0.25) is 5.02 Å². The highest BCUT2D eigenvalue weighted by Gasteiger charge is 2.23. The van der Waals surface area contributed by atoms with Crippen molar-refractivity contribution in [1.82, 2.24) is 10.0 Å².